The highest BCUT2D eigenvalue weighted by atomic mass is 127. The Bertz CT molecular complexity index is 196. The van der Waals surface area contributed by atoms with Crippen LogP contribution >= 0.6 is 22.6 Å². The van der Waals surface area contributed by atoms with Crippen LogP contribution in [0.4, 0.5) is 0 Å². The van der Waals surface area contributed by atoms with Gasteiger partial charge in [-0.2, -0.15) is 0 Å². The Morgan fingerprint density at radius 3 is 2.44 bits per heavy atom. The largest absolute Gasteiger partial charge is 0.381 e. The quantitative estimate of drug-likeness (QED) is 0.576. The molecule has 16 heavy (non-hydrogen) atoms. The molecule has 94 valence electrons. The monoisotopic (exact) mass is 338 g/mol. The molecule has 0 atom stereocenters. The molecule has 0 aromatic heterocycles. The van der Waals surface area contributed by atoms with Crippen molar-refractivity contribution in [2.45, 2.75) is 50.5 Å². The van der Waals surface area contributed by atoms with Crippen LogP contribution in [0.1, 0.15) is 44.9 Å². The summed E-state index contributed by atoms with van der Waals surface area (Å²) in [5, 5.41) is 0. The van der Waals surface area contributed by atoms with E-state index < -0.39 is 0 Å². The molecule has 2 aliphatic rings. The van der Waals surface area contributed by atoms with Crippen LogP contribution in [0.3, 0.4) is 0 Å². The van der Waals surface area contributed by atoms with E-state index in [1.165, 1.54) is 44.9 Å². The molecule has 1 saturated heterocycles. The van der Waals surface area contributed by atoms with Crippen LogP contribution in [0.15, 0.2) is 0 Å². The number of hydrogen-bond donors (Lipinski definition) is 0. The van der Waals surface area contributed by atoms with Gasteiger partial charge in [0, 0.05) is 17.6 Å². The van der Waals surface area contributed by atoms with Crippen molar-refractivity contribution in [1.29, 1.82) is 0 Å². The van der Waals surface area contributed by atoms with Gasteiger partial charge in [0.15, 0.2) is 0 Å². The van der Waals surface area contributed by atoms with Crippen molar-refractivity contribution in [1.82, 2.24) is 0 Å². The predicted octanol–water partition coefficient (Wildman–Crippen LogP) is 3.57. The van der Waals surface area contributed by atoms with Crippen molar-refractivity contribution in [3.8, 4) is 0 Å². The lowest BCUT2D eigenvalue weighted by molar-refractivity contribution is -0.0785. The Labute approximate surface area is 113 Å². The molecule has 0 N–H and O–H groups in total. The third-order valence-corrected chi connectivity index (χ3v) is 5.36. The molecule has 0 amide bonds. The van der Waals surface area contributed by atoms with E-state index >= 15 is 0 Å². The molecule has 0 aromatic rings. The Morgan fingerprint density at radius 1 is 1.12 bits per heavy atom. The Morgan fingerprint density at radius 2 is 1.81 bits per heavy atom. The van der Waals surface area contributed by atoms with Crippen LogP contribution in [-0.2, 0) is 9.47 Å². The highest BCUT2D eigenvalue weighted by Gasteiger charge is 2.32. The molecule has 0 bridgehead atoms. The molecule has 1 saturated carbocycles. The average Bonchev–Trinajstić information content (AvgIpc) is 2.39. The second-order valence-electron chi connectivity index (χ2n) is 5.24. The van der Waals surface area contributed by atoms with Gasteiger partial charge in [-0.1, -0.05) is 41.9 Å². The van der Waals surface area contributed by atoms with Crippen molar-refractivity contribution >= 4 is 22.6 Å². The highest BCUT2D eigenvalue weighted by molar-refractivity contribution is 14.1. The average molecular weight is 338 g/mol. The molecule has 1 aliphatic heterocycles. The van der Waals surface area contributed by atoms with Gasteiger partial charge in [-0.25, -0.2) is 0 Å². The van der Waals surface area contributed by atoms with Gasteiger partial charge in [-0.05, 0) is 31.6 Å². The van der Waals surface area contributed by atoms with Gasteiger partial charge in [0.05, 0.1) is 12.2 Å². The molecule has 1 aliphatic carbocycles. The summed E-state index contributed by atoms with van der Waals surface area (Å²) in [6.45, 7) is 2.84. The normalized spacial score (nSPS) is 26.8. The minimum absolute atomic E-state index is 0.219. The summed E-state index contributed by atoms with van der Waals surface area (Å²) >= 11 is 2.50. The third-order valence-electron chi connectivity index (χ3n) is 3.97. The first-order valence-corrected chi connectivity index (χ1v) is 8.15. The van der Waals surface area contributed by atoms with Gasteiger partial charge >= 0.3 is 0 Å². The van der Waals surface area contributed by atoms with Crippen molar-refractivity contribution in [2.75, 3.05) is 24.2 Å². The number of rotatable bonds is 4. The zero-order chi connectivity index (χ0) is 11.3. The Kier molecular flexibility index (Phi) is 5.36. The third kappa shape index (κ3) is 3.57. The molecular formula is C13H23IO2. The van der Waals surface area contributed by atoms with Gasteiger partial charge in [-0.3, -0.25) is 0 Å². The maximum atomic E-state index is 6.30. The van der Waals surface area contributed by atoms with Gasteiger partial charge < -0.3 is 9.47 Å². The van der Waals surface area contributed by atoms with Gasteiger partial charge in [0.1, 0.15) is 0 Å². The molecule has 0 unspecified atom stereocenters. The minimum atomic E-state index is 0.219. The van der Waals surface area contributed by atoms with Gasteiger partial charge in [0.2, 0.25) is 0 Å². The second kappa shape index (κ2) is 6.55. The van der Waals surface area contributed by atoms with Gasteiger partial charge in [0.25, 0.3) is 0 Å². The van der Waals surface area contributed by atoms with Crippen LogP contribution in [0.5, 0.6) is 0 Å². The fraction of sp³-hybridized carbons (Fsp3) is 1.00. The first-order chi connectivity index (χ1) is 7.85. The first kappa shape index (κ1) is 13.1. The molecule has 3 heteroatoms. The van der Waals surface area contributed by atoms with Crippen LogP contribution in [-0.4, -0.2) is 29.8 Å². The molecular weight excluding hydrogens is 315 g/mol. The SMILES string of the molecule is ICC1(OCC2CCOCC2)CCCCC1. The van der Waals surface area contributed by atoms with Crippen LogP contribution in [0, 0.1) is 5.92 Å². The fourth-order valence-electron chi connectivity index (χ4n) is 2.72. The second-order valence-corrected chi connectivity index (χ2v) is 6.01. The van der Waals surface area contributed by atoms with E-state index in [1.54, 1.807) is 0 Å². The summed E-state index contributed by atoms with van der Waals surface area (Å²) in [7, 11) is 0. The Hall–Kier alpha value is 0.650. The van der Waals surface area contributed by atoms with Crippen molar-refractivity contribution in [2.24, 2.45) is 5.92 Å². The summed E-state index contributed by atoms with van der Waals surface area (Å²) < 4.78 is 12.8. The van der Waals surface area contributed by atoms with E-state index in [2.05, 4.69) is 22.6 Å². The molecule has 1 heterocycles. The highest BCUT2D eigenvalue weighted by Crippen LogP contribution is 2.34. The van der Waals surface area contributed by atoms with Crippen LogP contribution in [0.2, 0.25) is 0 Å². The zero-order valence-corrected chi connectivity index (χ0v) is 12.2. The van der Waals surface area contributed by atoms with E-state index in [-0.39, 0.29) is 5.60 Å². The van der Waals surface area contributed by atoms with Crippen LogP contribution in [0.25, 0.3) is 0 Å². The van der Waals surface area contributed by atoms with Crippen LogP contribution < -0.4 is 0 Å². The molecule has 0 aromatic carbocycles. The van der Waals surface area contributed by atoms with E-state index in [1.807, 2.05) is 0 Å². The molecule has 2 fully saturated rings. The smallest absolute Gasteiger partial charge is 0.0771 e. The molecule has 2 rings (SSSR count). The van der Waals surface area contributed by atoms with E-state index in [4.69, 9.17) is 9.47 Å². The van der Waals surface area contributed by atoms with E-state index in [0.29, 0.717) is 0 Å². The Balaban J connectivity index is 1.77. The lowest BCUT2D eigenvalue weighted by Gasteiger charge is -2.37. The standard InChI is InChI=1S/C13H23IO2/c14-11-13(6-2-1-3-7-13)16-10-12-4-8-15-9-5-12/h12H,1-11H2. The van der Waals surface area contributed by atoms with Crippen molar-refractivity contribution < 1.29 is 9.47 Å². The first-order valence-electron chi connectivity index (χ1n) is 6.62. The molecule has 0 radical (unpaired) electrons. The lowest BCUT2D eigenvalue weighted by atomic mass is 9.86. The summed E-state index contributed by atoms with van der Waals surface area (Å²) in [6.07, 6.45) is 9.06. The summed E-state index contributed by atoms with van der Waals surface area (Å²) in [5.74, 6) is 0.746. The van der Waals surface area contributed by atoms with E-state index in [0.717, 1.165) is 30.2 Å². The van der Waals surface area contributed by atoms with Crippen molar-refractivity contribution in [3.05, 3.63) is 0 Å². The van der Waals surface area contributed by atoms with Gasteiger partial charge in [-0.15, -0.1) is 0 Å². The summed E-state index contributed by atoms with van der Waals surface area (Å²) in [5.41, 5.74) is 0.219. The fourth-order valence-corrected chi connectivity index (χ4v) is 3.70. The maximum absolute atomic E-state index is 6.30. The van der Waals surface area contributed by atoms with Crippen molar-refractivity contribution in [3.63, 3.8) is 0 Å². The molecule has 2 nitrogen and oxygen atoms in total. The summed E-state index contributed by atoms with van der Waals surface area (Å²) in [4.78, 5) is 0. The number of hydrogen-bond acceptors (Lipinski definition) is 2. The minimum Gasteiger partial charge on any atom is -0.381 e. The number of halogens is 1. The number of alkyl halides is 1. The lowest BCUT2D eigenvalue weighted by Crippen LogP contribution is -2.39. The molecule has 0 spiro atoms. The maximum Gasteiger partial charge on any atom is 0.0771 e. The number of ether oxygens (including phenoxy) is 2. The van der Waals surface area contributed by atoms with E-state index in [9.17, 15) is 0 Å². The summed E-state index contributed by atoms with van der Waals surface area (Å²) in [6, 6.07) is 0. The predicted molar refractivity (Wildman–Crippen MR) is 74.2 cm³/mol. The topological polar surface area (TPSA) is 18.5 Å². The zero-order valence-electron chi connectivity index (χ0n) is 10.0.